The van der Waals surface area contributed by atoms with E-state index in [2.05, 4.69) is 21.2 Å². The Balaban J connectivity index is 2.16. The molecule has 3 atom stereocenters. The quantitative estimate of drug-likeness (QED) is 0.869. The molecule has 0 aromatic heterocycles. The smallest absolute Gasteiger partial charge is 0.307 e. The average molecular weight is 354 g/mol. The Bertz CT molecular complexity index is 562. The molecule has 4 nitrogen and oxygen atoms in total. The van der Waals surface area contributed by atoms with Crippen LogP contribution in [-0.4, -0.2) is 17.0 Å². The first-order valence-electron chi connectivity index (χ1n) is 7.10. The highest BCUT2D eigenvalue weighted by atomic mass is 79.9. The standard InChI is InChI=1S/C16H20BrNO3/c1-8-4-12(13(5-8)16(20)21)15(19)18-11-6-9(2)14(17)10(3)7-11/h6-8,12-13H,4-5H2,1-3H3,(H,18,19)(H,20,21)/t8?,12-,13+/m0/s1. The summed E-state index contributed by atoms with van der Waals surface area (Å²) in [6.45, 7) is 5.92. The fourth-order valence-electron chi connectivity index (χ4n) is 3.11. The van der Waals surface area contributed by atoms with Crippen LogP contribution in [0.25, 0.3) is 0 Å². The molecule has 0 radical (unpaired) electrons. The highest BCUT2D eigenvalue weighted by Gasteiger charge is 2.41. The first-order chi connectivity index (χ1) is 9.79. The number of carboxylic acid groups (broad SMARTS) is 1. The maximum atomic E-state index is 12.4. The summed E-state index contributed by atoms with van der Waals surface area (Å²) >= 11 is 3.49. The molecule has 1 saturated carbocycles. The SMILES string of the molecule is Cc1cc(NC(=O)[C@H]2CC(C)C[C@H]2C(=O)O)cc(C)c1Br. The zero-order chi connectivity index (χ0) is 15.7. The minimum atomic E-state index is -0.873. The lowest BCUT2D eigenvalue weighted by Gasteiger charge is -2.16. The third-order valence-corrected chi connectivity index (χ3v) is 5.41. The molecule has 5 heteroatoms. The van der Waals surface area contributed by atoms with Gasteiger partial charge in [-0.15, -0.1) is 0 Å². The number of halogens is 1. The molecule has 1 aliphatic rings. The van der Waals surface area contributed by atoms with Crippen LogP contribution in [0.1, 0.15) is 30.9 Å². The highest BCUT2D eigenvalue weighted by molar-refractivity contribution is 9.10. The van der Waals surface area contributed by atoms with Gasteiger partial charge in [0.1, 0.15) is 0 Å². The molecule has 0 bridgehead atoms. The van der Waals surface area contributed by atoms with E-state index in [0.717, 1.165) is 21.3 Å². The third-order valence-electron chi connectivity index (χ3n) is 4.16. The van der Waals surface area contributed by atoms with E-state index in [0.29, 0.717) is 12.8 Å². The second-order valence-corrected chi connectivity index (χ2v) is 6.83. The monoisotopic (exact) mass is 353 g/mol. The third kappa shape index (κ3) is 3.46. The molecule has 1 aromatic carbocycles. The van der Waals surface area contributed by atoms with Crippen molar-refractivity contribution in [3.05, 3.63) is 27.7 Å². The van der Waals surface area contributed by atoms with E-state index in [1.54, 1.807) is 0 Å². The molecule has 1 amide bonds. The number of hydrogen-bond donors (Lipinski definition) is 2. The number of anilines is 1. The Morgan fingerprint density at radius 1 is 1.19 bits per heavy atom. The summed E-state index contributed by atoms with van der Waals surface area (Å²) in [7, 11) is 0. The topological polar surface area (TPSA) is 66.4 Å². The first kappa shape index (κ1) is 16.0. The summed E-state index contributed by atoms with van der Waals surface area (Å²) < 4.78 is 1.03. The van der Waals surface area contributed by atoms with Gasteiger partial charge >= 0.3 is 5.97 Å². The molecular weight excluding hydrogens is 334 g/mol. The predicted octanol–water partition coefficient (Wildman–Crippen LogP) is 3.75. The fraction of sp³-hybridized carbons (Fsp3) is 0.500. The van der Waals surface area contributed by atoms with E-state index in [9.17, 15) is 14.7 Å². The van der Waals surface area contributed by atoms with Gasteiger partial charge < -0.3 is 10.4 Å². The number of benzene rings is 1. The molecule has 2 N–H and O–H groups in total. The second kappa shape index (κ2) is 6.18. The molecule has 2 rings (SSSR count). The van der Waals surface area contributed by atoms with Gasteiger partial charge in [0.05, 0.1) is 11.8 Å². The summed E-state index contributed by atoms with van der Waals surface area (Å²) in [6.07, 6.45) is 1.21. The Morgan fingerprint density at radius 3 is 2.24 bits per heavy atom. The largest absolute Gasteiger partial charge is 0.481 e. The number of nitrogens with one attached hydrogen (secondary N) is 1. The van der Waals surface area contributed by atoms with Crippen LogP contribution in [-0.2, 0) is 9.59 Å². The molecular formula is C16H20BrNO3. The van der Waals surface area contributed by atoms with E-state index in [4.69, 9.17) is 0 Å². The van der Waals surface area contributed by atoms with Crippen molar-refractivity contribution in [2.45, 2.75) is 33.6 Å². The van der Waals surface area contributed by atoms with Crippen LogP contribution >= 0.6 is 15.9 Å². The van der Waals surface area contributed by atoms with Gasteiger partial charge in [0.15, 0.2) is 0 Å². The number of aryl methyl sites for hydroxylation is 2. The lowest BCUT2D eigenvalue weighted by Crippen LogP contribution is -2.30. The summed E-state index contributed by atoms with van der Waals surface area (Å²) in [5, 5.41) is 12.1. The predicted molar refractivity (Wildman–Crippen MR) is 85.3 cm³/mol. The zero-order valence-electron chi connectivity index (χ0n) is 12.4. The number of rotatable bonds is 3. The summed E-state index contributed by atoms with van der Waals surface area (Å²) in [4.78, 5) is 23.7. The second-order valence-electron chi connectivity index (χ2n) is 6.04. The Labute approximate surface area is 133 Å². The Hall–Kier alpha value is -1.36. The van der Waals surface area contributed by atoms with E-state index >= 15 is 0 Å². The number of hydrogen-bond acceptors (Lipinski definition) is 2. The molecule has 1 fully saturated rings. The van der Waals surface area contributed by atoms with Crippen LogP contribution in [0.3, 0.4) is 0 Å². The van der Waals surface area contributed by atoms with Crippen molar-refractivity contribution in [2.24, 2.45) is 17.8 Å². The van der Waals surface area contributed by atoms with Gasteiger partial charge in [0, 0.05) is 10.2 Å². The lowest BCUT2D eigenvalue weighted by atomic mass is 9.95. The van der Waals surface area contributed by atoms with Crippen molar-refractivity contribution in [2.75, 3.05) is 5.32 Å². The molecule has 0 aliphatic heterocycles. The van der Waals surface area contributed by atoms with E-state index in [1.807, 2.05) is 32.9 Å². The molecule has 1 unspecified atom stereocenters. The number of aliphatic carboxylic acids is 1. The number of carboxylic acids is 1. The van der Waals surface area contributed by atoms with Crippen LogP contribution in [0.5, 0.6) is 0 Å². The van der Waals surface area contributed by atoms with Crippen LogP contribution in [0.15, 0.2) is 16.6 Å². The Morgan fingerprint density at radius 2 is 1.71 bits per heavy atom. The van der Waals surface area contributed by atoms with Gasteiger partial charge in [-0.05, 0) is 55.9 Å². The van der Waals surface area contributed by atoms with Crippen LogP contribution in [0, 0.1) is 31.6 Å². The molecule has 0 spiro atoms. The molecule has 0 saturated heterocycles. The van der Waals surface area contributed by atoms with Crippen molar-refractivity contribution in [3.8, 4) is 0 Å². The van der Waals surface area contributed by atoms with Crippen LogP contribution in [0.2, 0.25) is 0 Å². The maximum absolute atomic E-state index is 12.4. The van der Waals surface area contributed by atoms with Crippen molar-refractivity contribution < 1.29 is 14.7 Å². The summed E-state index contributed by atoms with van der Waals surface area (Å²) in [6, 6.07) is 3.78. The minimum Gasteiger partial charge on any atom is -0.481 e. The van der Waals surface area contributed by atoms with Gasteiger partial charge in [-0.3, -0.25) is 9.59 Å². The first-order valence-corrected chi connectivity index (χ1v) is 7.89. The summed E-state index contributed by atoms with van der Waals surface area (Å²) in [5.41, 5.74) is 2.81. The Kier molecular flexibility index (Phi) is 4.71. The molecule has 1 aromatic rings. The van der Waals surface area contributed by atoms with E-state index < -0.39 is 17.8 Å². The van der Waals surface area contributed by atoms with Crippen molar-refractivity contribution >= 4 is 33.5 Å². The van der Waals surface area contributed by atoms with Gasteiger partial charge in [-0.1, -0.05) is 22.9 Å². The van der Waals surface area contributed by atoms with Gasteiger partial charge in [0.2, 0.25) is 5.91 Å². The average Bonchev–Trinajstić information content (AvgIpc) is 2.78. The van der Waals surface area contributed by atoms with Crippen LogP contribution in [0.4, 0.5) is 5.69 Å². The normalized spacial score (nSPS) is 24.9. The van der Waals surface area contributed by atoms with Crippen LogP contribution < -0.4 is 5.32 Å². The molecule has 21 heavy (non-hydrogen) atoms. The van der Waals surface area contributed by atoms with Crippen molar-refractivity contribution in [1.82, 2.24) is 0 Å². The van der Waals surface area contributed by atoms with E-state index in [1.165, 1.54) is 0 Å². The van der Waals surface area contributed by atoms with Gasteiger partial charge in [-0.2, -0.15) is 0 Å². The highest BCUT2D eigenvalue weighted by Crippen LogP contribution is 2.37. The number of carbonyl (C=O) groups excluding carboxylic acids is 1. The number of carbonyl (C=O) groups is 2. The van der Waals surface area contributed by atoms with Gasteiger partial charge in [-0.25, -0.2) is 0 Å². The number of amides is 1. The zero-order valence-corrected chi connectivity index (χ0v) is 14.0. The minimum absolute atomic E-state index is 0.187. The van der Waals surface area contributed by atoms with Gasteiger partial charge in [0.25, 0.3) is 0 Å². The van der Waals surface area contributed by atoms with Crippen molar-refractivity contribution in [3.63, 3.8) is 0 Å². The fourth-order valence-corrected chi connectivity index (χ4v) is 3.34. The van der Waals surface area contributed by atoms with Crippen molar-refractivity contribution in [1.29, 1.82) is 0 Å². The van der Waals surface area contributed by atoms with E-state index in [-0.39, 0.29) is 11.8 Å². The maximum Gasteiger partial charge on any atom is 0.307 e. The molecule has 0 heterocycles. The molecule has 1 aliphatic carbocycles. The molecule has 114 valence electrons. The summed E-state index contributed by atoms with van der Waals surface area (Å²) in [5.74, 6) is -1.80. The lowest BCUT2D eigenvalue weighted by molar-refractivity contribution is -0.145.